The van der Waals surface area contributed by atoms with Crippen LogP contribution in [0.5, 0.6) is 0 Å². The number of alkyl halides is 3. The lowest BCUT2D eigenvalue weighted by atomic mass is 10.1. The number of aromatic nitrogens is 2. The van der Waals surface area contributed by atoms with Gasteiger partial charge in [0.1, 0.15) is 6.54 Å². The number of carbonyl (C=O) groups excluding carboxylic acids is 2. The first-order valence-electron chi connectivity index (χ1n) is 10.6. The van der Waals surface area contributed by atoms with E-state index in [1.807, 2.05) is 6.92 Å². The van der Waals surface area contributed by atoms with Gasteiger partial charge in [-0.2, -0.15) is 13.2 Å². The zero-order valence-electron chi connectivity index (χ0n) is 18.3. The molecule has 1 N–H and O–H groups in total. The Morgan fingerprint density at radius 1 is 1.21 bits per heavy atom. The van der Waals surface area contributed by atoms with Crippen molar-refractivity contribution in [1.29, 1.82) is 0 Å². The molecule has 1 aliphatic rings. The molecule has 0 fully saturated rings. The molecule has 0 aliphatic carbocycles. The summed E-state index contributed by atoms with van der Waals surface area (Å²) in [6.07, 6.45) is -3.91. The average Bonchev–Trinajstić information content (AvgIpc) is 2.79. The fourth-order valence-electron chi connectivity index (χ4n) is 3.75. The van der Waals surface area contributed by atoms with Gasteiger partial charge in [0.15, 0.2) is 5.16 Å². The van der Waals surface area contributed by atoms with Crippen molar-refractivity contribution in [3.05, 3.63) is 58.4 Å². The molecule has 1 unspecified atom stereocenters. The maximum Gasteiger partial charge on any atom is 0.416 e. The zero-order chi connectivity index (χ0) is 24.6. The van der Waals surface area contributed by atoms with Crippen molar-refractivity contribution in [3.8, 4) is 0 Å². The summed E-state index contributed by atoms with van der Waals surface area (Å²) < 4.78 is 40.8. The molecule has 1 atom stereocenters. The zero-order valence-corrected chi connectivity index (χ0v) is 19.2. The summed E-state index contributed by atoms with van der Waals surface area (Å²) in [7, 11) is 0. The van der Waals surface area contributed by atoms with Gasteiger partial charge in [0, 0.05) is 6.54 Å². The van der Waals surface area contributed by atoms with Gasteiger partial charge < -0.3 is 5.32 Å². The summed E-state index contributed by atoms with van der Waals surface area (Å²) >= 11 is 1.07. The number of para-hydroxylation sites is 1. The number of amides is 2. The fourth-order valence-corrected chi connectivity index (χ4v) is 4.75. The van der Waals surface area contributed by atoms with Gasteiger partial charge in [-0.15, -0.1) is 0 Å². The molecule has 34 heavy (non-hydrogen) atoms. The van der Waals surface area contributed by atoms with Crippen LogP contribution in [-0.4, -0.2) is 33.2 Å². The van der Waals surface area contributed by atoms with Crippen LogP contribution < -0.4 is 15.8 Å². The molecule has 1 aliphatic heterocycles. The maximum atomic E-state index is 13.3. The van der Waals surface area contributed by atoms with E-state index in [9.17, 15) is 27.6 Å². The van der Waals surface area contributed by atoms with E-state index >= 15 is 0 Å². The number of hydrogen-bond donors (Lipinski definition) is 1. The minimum atomic E-state index is -4.58. The highest BCUT2D eigenvalue weighted by Gasteiger charge is 2.35. The molecule has 0 saturated heterocycles. The molecular weight excluding hydrogens is 469 g/mol. The number of benzene rings is 2. The van der Waals surface area contributed by atoms with E-state index in [4.69, 9.17) is 0 Å². The van der Waals surface area contributed by atoms with Gasteiger partial charge in [0.25, 0.3) is 5.56 Å². The Bertz CT molecular complexity index is 1340. The maximum absolute atomic E-state index is 13.3. The summed E-state index contributed by atoms with van der Waals surface area (Å²) in [4.78, 5) is 44.2. The topological polar surface area (TPSA) is 84.3 Å². The van der Waals surface area contributed by atoms with Crippen LogP contribution in [0, 0.1) is 0 Å². The molecule has 2 heterocycles. The number of halogens is 3. The predicted octanol–water partition coefficient (Wildman–Crippen LogP) is 4.29. The first kappa shape index (κ1) is 23.8. The van der Waals surface area contributed by atoms with E-state index in [-0.39, 0.29) is 23.5 Å². The minimum Gasteiger partial charge on any atom is -0.323 e. The number of anilines is 2. The van der Waals surface area contributed by atoms with Crippen molar-refractivity contribution in [1.82, 2.24) is 9.55 Å². The number of fused-ring (bicyclic) bond motifs is 2. The highest BCUT2D eigenvalue weighted by Crippen LogP contribution is 2.38. The van der Waals surface area contributed by atoms with E-state index in [1.54, 1.807) is 31.2 Å². The quantitative estimate of drug-likeness (QED) is 0.426. The highest BCUT2D eigenvalue weighted by molar-refractivity contribution is 8.00. The summed E-state index contributed by atoms with van der Waals surface area (Å²) in [5, 5.41) is 2.47. The number of hydrogen-bond acceptors (Lipinski definition) is 5. The summed E-state index contributed by atoms with van der Waals surface area (Å²) in [6, 6.07) is 9.79. The third kappa shape index (κ3) is 4.52. The monoisotopic (exact) mass is 490 g/mol. The van der Waals surface area contributed by atoms with Gasteiger partial charge in [-0.1, -0.05) is 30.8 Å². The van der Waals surface area contributed by atoms with Gasteiger partial charge in [0.05, 0.1) is 33.1 Å². The molecule has 7 nitrogen and oxygen atoms in total. The number of rotatable bonds is 5. The molecule has 2 amide bonds. The summed E-state index contributed by atoms with van der Waals surface area (Å²) in [5.74, 6) is -1.07. The normalized spacial score (nSPS) is 14.6. The lowest BCUT2D eigenvalue weighted by Crippen LogP contribution is -2.45. The van der Waals surface area contributed by atoms with E-state index < -0.39 is 28.8 Å². The van der Waals surface area contributed by atoms with Crippen LogP contribution in [0.2, 0.25) is 0 Å². The average molecular weight is 491 g/mol. The Hall–Kier alpha value is -3.34. The largest absolute Gasteiger partial charge is 0.416 e. The van der Waals surface area contributed by atoms with E-state index in [1.165, 1.54) is 10.6 Å². The first-order valence-corrected chi connectivity index (χ1v) is 11.5. The number of carbonyl (C=O) groups is 2. The van der Waals surface area contributed by atoms with Crippen molar-refractivity contribution >= 4 is 45.9 Å². The Morgan fingerprint density at radius 3 is 2.65 bits per heavy atom. The van der Waals surface area contributed by atoms with Gasteiger partial charge in [-0.05, 0) is 43.7 Å². The van der Waals surface area contributed by atoms with Crippen LogP contribution in [0.4, 0.5) is 24.5 Å². The standard InChI is InChI=1S/C23H21F3N4O3S/c1-3-10-29-21(33)15-6-4-5-7-16(15)28-22(29)34-13(2)20(32)30-12-19(31)27-17-11-14(23(24,25)26)8-9-18(17)30/h4-9,11,13H,3,10,12H2,1-2H3,(H,27,31). The van der Waals surface area contributed by atoms with E-state index in [0.717, 1.165) is 28.8 Å². The van der Waals surface area contributed by atoms with Crippen LogP contribution in [0.1, 0.15) is 25.8 Å². The van der Waals surface area contributed by atoms with Crippen LogP contribution >= 0.6 is 11.8 Å². The molecule has 0 bridgehead atoms. The Morgan fingerprint density at radius 2 is 1.94 bits per heavy atom. The fraction of sp³-hybridized carbons (Fsp3) is 0.304. The second kappa shape index (κ2) is 9.13. The molecule has 0 saturated carbocycles. The smallest absolute Gasteiger partial charge is 0.323 e. The molecule has 178 valence electrons. The Kier molecular flexibility index (Phi) is 6.39. The van der Waals surface area contributed by atoms with Crippen LogP contribution in [0.25, 0.3) is 10.9 Å². The van der Waals surface area contributed by atoms with Gasteiger partial charge in [0.2, 0.25) is 11.8 Å². The molecule has 1 aromatic heterocycles. The minimum absolute atomic E-state index is 0.0802. The number of nitrogens with zero attached hydrogens (tertiary/aromatic N) is 3. The van der Waals surface area contributed by atoms with Gasteiger partial charge >= 0.3 is 6.18 Å². The second-order valence-corrected chi connectivity index (χ2v) is 9.14. The van der Waals surface area contributed by atoms with Crippen molar-refractivity contribution < 1.29 is 22.8 Å². The molecule has 3 aromatic rings. The van der Waals surface area contributed by atoms with Crippen molar-refractivity contribution in [2.75, 3.05) is 16.8 Å². The second-order valence-electron chi connectivity index (χ2n) is 7.83. The highest BCUT2D eigenvalue weighted by atomic mass is 32.2. The molecule has 11 heteroatoms. The molecule has 2 aromatic carbocycles. The van der Waals surface area contributed by atoms with E-state index in [2.05, 4.69) is 10.3 Å². The Labute approximate surface area is 197 Å². The van der Waals surface area contributed by atoms with Gasteiger partial charge in [-0.25, -0.2) is 4.98 Å². The summed E-state index contributed by atoms with van der Waals surface area (Å²) in [5.41, 5.74) is -0.528. The third-order valence-electron chi connectivity index (χ3n) is 5.36. The first-order chi connectivity index (χ1) is 16.1. The van der Waals surface area contributed by atoms with Crippen molar-refractivity contribution in [3.63, 3.8) is 0 Å². The molecular formula is C23H21F3N4O3S. The lowest BCUT2D eigenvalue weighted by molar-refractivity contribution is -0.137. The van der Waals surface area contributed by atoms with Crippen LogP contribution in [0.15, 0.2) is 52.4 Å². The van der Waals surface area contributed by atoms with Crippen LogP contribution in [-0.2, 0) is 22.3 Å². The van der Waals surface area contributed by atoms with Crippen LogP contribution in [0.3, 0.4) is 0 Å². The van der Waals surface area contributed by atoms with Crippen molar-refractivity contribution in [2.24, 2.45) is 0 Å². The van der Waals surface area contributed by atoms with E-state index in [0.29, 0.717) is 29.0 Å². The van der Waals surface area contributed by atoms with Crippen molar-refractivity contribution in [2.45, 2.75) is 43.4 Å². The lowest BCUT2D eigenvalue weighted by Gasteiger charge is -2.31. The third-order valence-corrected chi connectivity index (χ3v) is 6.44. The molecule has 0 spiro atoms. The Balaban J connectivity index is 1.67. The predicted molar refractivity (Wildman–Crippen MR) is 124 cm³/mol. The number of thioether (sulfide) groups is 1. The molecule has 0 radical (unpaired) electrons. The summed E-state index contributed by atoms with van der Waals surface area (Å²) in [6.45, 7) is 3.62. The molecule has 4 rings (SSSR count). The number of nitrogens with one attached hydrogen (secondary N) is 1. The van der Waals surface area contributed by atoms with Gasteiger partial charge in [-0.3, -0.25) is 23.9 Å². The SMILES string of the molecule is CCCn1c(SC(C)C(=O)N2CC(=O)Nc3cc(C(F)(F)F)ccc32)nc2ccccc2c1=O.